The largest absolute Gasteiger partial charge is 0.481 e. The zero-order valence-corrected chi connectivity index (χ0v) is 26.5. The van der Waals surface area contributed by atoms with E-state index in [2.05, 4.69) is 40.7 Å². The normalized spacial score (nSPS) is 35.9. The molecule has 40 heavy (non-hydrogen) atoms. The second-order valence-electron chi connectivity index (χ2n) is 15.3. The standard InChI is InChI=1S/C36H60O4/c1-25(2)12-11-13-26(3)30-18-19-31-29-17-16-27-24-28(20-22-35(27,4)32(29)21-23-36(30,31)5)40-34(39)15-10-8-6-7-9-14-33(37)38/h16,25-26,28-32H,6-15,17-24H2,1-5H3,(H,37,38)/t26-,28?,29+,30-,31+,32+,35+,36-/m1/s1. The summed E-state index contributed by atoms with van der Waals surface area (Å²) in [7, 11) is 0. The van der Waals surface area contributed by atoms with E-state index in [1.807, 2.05) is 0 Å². The first-order valence-electron chi connectivity index (χ1n) is 17.2. The number of esters is 1. The molecule has 1 unspecified atom stereocenters. The topological polar surface area (TPSA) is 63.6 Å². The van der Waals surface area contributed by atoms with Gasteiger partial charge in [-0.05, 0) is 104 Å². The van der Waals surface area contributed by atoms with Crippen LogP contribution in [0.4, 0.5) is 0 Å². The van der Waals surface area contributed by atoms with Gasteiger partial charge in [0.2, 0.25) is 0 Å². The van der Waals surface area contributed by atoms with Crippen LogP contribution in [0.2, 0.25) is 0 Å². The number of aliphatic carboxylic acids is 1. The molecule has 4 nitrogen and oxygen atoms in total. The first-order chi connectivity index (χ1) is 19.0. The van der Waals surface area contributed by atoms with Crippen molar-refractivity contribution in [3.05, 3.63) is 11.6 Å². The minimum Gasteiger partial charge on any atom is -0.481 e. The van der Waals surface area contributed by atoms with E-state index in [0.29, 0.717) is 17.3 Å². The van der Waals surface area contributed by atoms with Crippen molar-refractivity contribution in [2.45, 2.75) is 156 Å². The number of carbonyl (C=O) groups excluding carboxylic acids is 1. The molecule has 4 aliphatic rings. The van der Waals surface area contributed by atoms with Gasteiger partial charge in [-0.2, -0.15) is 0 Å². The van der Waals surface area contributed by atoms with Crippen LogP contribution >= 0.6 is 0 Å². The van der Waals surface area contributed by atoms with Crippen LogP contribution in [0.3, 0.4) is 0 Å². The molecule has 0 aromatic heterocycles. The summed E-state index contributed by atoms with van der Waals surface area (Å²) < 4.78 is 6.00. The van der Waals surface area contributed by atoms with Crippen molar-refractivity contribution in [3.63, 3.8) is 0 Å². The van der Waals surface area contributed by atoms with Crippen LogP contribution in [-0.2, 0) is 14.3 Å². The second-order valence-corrected chi connectivity index (χ2v) is 15.3. The van der Waals surface area contributed by atoms with Crippen molar-refractivity contribution in [1.29, 1.82) is 0 Å². The van der Waals surface area contributed by atoms with E-state index in [0.717, 1.165) is 80.5 Å². The molecular weight excluding hydrogens is 496 g/mol. The molecule has 4 rings (SSSR count). The van der Waals surface area contributed by atoms with Crippen molar-refractivity contribution in [1.82, 2.24) is 0 Å². The fraction of sp³-hybridized carbons (Fsp3) is 0.889. The molecule has 0 radical (unpaired) electrons. The number of ether oxygens (including phenoxy) is 1. The molecule has 4 aliphatic carbocycles. The Bertz CT molecular complexity index is 891. The Morgan fingerprint density at radius 2 is 1.62 bits per heavy atom. The fourth-order valence-electron chi connectivity index (χ4n) is 10.1. The van der Waals surface area contributed by atoms with Crippen LogP contribution in [0.25, 0.3) is 0 Å². The number of carboxylic acids is 1. The second kappa shape index (κ2) is 13.8. The quantitative estimate of drug-likeness (QED) is 0.131. The number of hydrogen-bond donors (Lipinski definition) is 1. The summed E-state index contributed by atoms with van der Waals surface area (Å²) in [5, 5.41) is 8.74. The molecule has 0 saturated heterocycles. The number of unbranched alkanes of at least 4 members (excludes halogenated alkanes) is 4. The molecule has 3 saturated carbocycles. The highest BCUT2D eigenvalue weighted by molar-refractivity contribution is 5.69. The molecule has 8 atom stereocenters. The van der Waals surface area contributed by atoms with E-state index in [-0.39, 0.29) is 18.5 Å². The molecule has 1 N–H and O–H groups in total. The van der Waals surface area contributed by atoms with E-state index in [4.69, 9.17) is 9.84 Å². The predicted molar refractivity (Wildman–Crippen MR) is 163 cm³/mol. The Kier molecular flexibility index (Phi) is 10.9. The summed E-state index contributed by atoms with van der Waals surface area (Å²) in [5.74, 6) is 4.36. The Hall–Kier alpha value is -1.32. The predicted octanol–water partition coefficient (Wildman–Crippen LogP) is 9.75. The molecule has 0 aliphatic heterocycles. The highest BCUT2D eigenvalue weighted by Gasteiger charge is 2.59. The maximum atomic E-state index is 12.6. The van der Waals surface area contributed by atoms with E-state index in [9.17, 15) is 9.59 Å². The number of fused-ring (bicyclic) bond motifs is 5. The number of carbonyl (C=O) groups is 2. The van der Waals surface area contributed by atoms with Crippen LogP contribution in [0.15, 0.2) is 11.6 Å². The highest BCUT2D eigenvalue weighted by atomic mass is 16.5. The van der Waals surface area contributed by atoms with Gasteiger partial charge < -0.3 is 9.84 Å². The molecule has 0 bridgehead atoms. The average molecular weight is 557 g/mol. The van der Waals surface area contributed by atoms with Crippen LogP contribution in [-0.4, -0.2) is 23.1 Å². The lowest BCUT2D eigenvalue weighted by atomic mass is 9.47. The lowest BCUT2D eigenvalue weighted by molar-refractivity contribution is -0.151. The van der Waals surface area contributed by atoms with E-state index >= 15 is 0 Å². The summed E-state index contributed by atoms with van der Waals surface area (Å²) in [4.78, 5) is 23.2. The van der Waals surface area contributed by atoms with Gasteiger partial charge in [0, 0.05) is 19.3 Å². The van der Waals surface area contributed by atoms with Crippen LogP contribution in [0.5, 0.6) is 0 Å². The highest BCUT2D eigenvalue weighted by Crippen LogP contribution is 2.67. The Morgan fingerprint density at radius 3 is 2.35 bits per heavy atom. The maximum absolute atomic E-state index is 12.6. The minimum atomic E-state index is -0.720. The molecular formula is C36H60O4. The Labute approximate surface area is 245 Å². The number of hydrogen-bond acceptors (Lipinski definition) is 3. The summed E-state index contributed by atoms with van der Waals surface area (Å²) in [5.41, 5.74) is 2.42. The van der Waals surface area contributed by atoms with E-state index in [1.165, 1.54) is 57.8 Å². The third kappa shape index (κ3) is 7.17. The third-order valence-electron chi connectivity index (χ3n) is 12.3. The van der Waals surface area contributed by atoms with Gasteiger partial charge in [-0.3, -0.25) is 9.59 Å². The van der Waals surface area contributed by atoms with Crippen molar-refractivity contribution in [2.24, 2.45) is 46.3 Å². The number of allylic oxidation sites excluding steroid dienone is 1. The molecule has 0 spiro atoms. The van der Waals surface area contributed by atoms with Crippen LogP contribution in [0, 0.1) is 46.3 Å². The maximum Gasteiger partial charge on any atom is 0.306 e. The first-order valence-corrected chi connectivity index (χ1v) is 17.2. The lowest BCUT2D eigenvalue weighted by Crippen LogP contribution is -2.51. The van der Waals surface area contributed by atoms with Gasteiger partial charge in [-0.25, -0.2) is 0 Å². The summed E-state index contributed by atoms with van der Waals surface area (Å²) in [6.45, 7) is 12.5. The van der Waals surface area contributed by atoms with Gasteiger partial charge in [0.15, 0.2) is 0 Å². The van der Waals surface area contributed by atoms with Gasteiger partial charge in [0.1, 0.15) is 6.10 Å². The molecule has 4 heteroatoms. The molecule has 0 aromatic carbocycles. The van der Waals surface area contributed by atoms with E-state index < -0.39 is 5.97 Å². The van der Waals surface area contributed by atoms with Crippen molar-refractivity contribution in [3.8, 4) is 0 Å². The zero-order valence-electron chi connectivity index (χ0n) is 26.5. The van der Waals surface area contributed by atoms with Crippen molar-refractivity contribution in [2.75, 3.05) is 0 Å². The summed E-state index contributed by atoms with van der Waals surface area (Å²) in [6.07, 6.45) is 22.1. The Balaban J connectivity index is 1.27. The van der Waals surface area contributed by atoms with Crippen molar-refractivity contribution < 1.29 is 19.4 Å². The van der Waals surface area contributed by atoms with Gasteiger partial charge in [0.05, 0.1) is 0 Å². The van der Waals surface area contributed by atoms with Gasteiger partial charge in [-0.1, -0.05) is 84.8 Å². The summed E-state index contributed by atoms with van der Waals surface area (Å²) >= 11 is 0. The summed E-state index contributed by atoms with van der Waals surface area (Å²) in [6, 6.07) is 0. The van der Waals surface area contributed by atoms with Gasteiger partial charge >= 0.3 is 11.9 Å². The molecule has 0 heterocycles. The Morgan fingerprint density at radius 1 is 0.900 bits per heavy atom. The lowest BCUT2D eigenvalue weighted by Gasteiger charge is -2.58. The average Bonchev–Trinajstić information content (AvgIpc) is 3.25. The molecule has 228 valence electrons. The van der Waals surface area contributed by atoms with Crippen molar-refractivity contribution >= 4 is 11.9 Å². The molecule has 0 aromatic rings. The minimum absolute atomic E-state index is 0.0404. The SMILES string of the molecule is CC(C)CCC[C@@H](C)[C@H]1CC[C@H]2[C@@H]3CC=C4CC(OC(=O)CCCCCCCC(=O)O)CC[C@]4(C)[C@H]3CC[C@]12C. The van der Waals surface area contributed by atoms with Crippen LogP contribution in [0.1, 0.15) is 150 Å². The van der Waals surface area contributed by atoms with E-state index in [1.54, 1.807) is 5.57 Å². The van der Waals surface area contributed by atoms with Gasteiger partial charge in [0.25, 0.3) is 0 Å². The van der Waals surface area contributed by atoms with Gasteiger partial charge in [-0.15, -0.1) is 0 Å². The van der Waals surface area contributed by atoms with Crippen LogP contribution < -0.4 is 0 Å². The molecule has 3 fully saturated rings. The number of carboxylic acid groups (broad SMARTS) is 1. The fourth-order valence-corrected chi connectivity index (χ4v) is 10.1. The molecule has 0 amide bonds. The first kappa shape index (κ1) is 31.6. The smallest absolute Gasteiger partial charge is 0.306 e. The third-order valence-corrected chi connectivity index (χ3v) is 12.3. The number of rotatable bonds is 14. The zero-order chi connectivity index (χ0) is 28.9. The monoisotopic (exact) mass is 556 g/mol.